The largest absolute Gasteiger partial charge is 0.354 e. The van der Waals surface area contributed by atoms with E-state index in [0.717, 1.165) is 19.3 Å². The zero-order valence-electron chi connectivity index (χ0n) is 13.4. The predicted octanol–water partition coefficient (Wildman–Crippen LogP) is 2.36. The molecule has 1 aliphatic carbocycles. The molecule has 1 atom stereocenters. The van der Waals surface area contributed by atoms with Gasteiger partial charge in [0, 0.05) is 6.54 Å². The Morgan fingerprint density at radius 3 is 2.61 bits per heavy atom. The van der Waals surface area contributed by atoms with Gasteiger partial charge in [0.15, 0.2) is 0 Å². The lowest BCUT2D eigenvalue weighted by Gasteiger charge is -2.16. The highest BCUT2D eigenvalue weighted by molar-refractivity contribution is 7.89. The van der Waals surface area contributed by atoms with Crippen LogP contribution in [-0.4, -0.2) is 26.9 Å². The van der Waals surface area contributed by atoms with Gasteiger partial charge in [-0.2, -0.15) is 4.72 Å². The molecule has 1 aliphatic rings. The average molecular weight is 336 g/mol. The van der Waals surface area contributed by atoms with E-state index >= 15 is 0 Å². The monoisotopic (exact) mass is 336 g/mol. The molecule has 0 radical (unpaired) electrons. The van der Waals surface area contributed by atoms with E-state index in [9.17, 15) is 13.2 Å². The molecule has 0 fully saturated rings. The molecule has 0 bridgehead atoms. The average Bonchev–Trinajstić information content (AvgIpc) is 2.56. The molecule has 1 amide bonds. The third-order valence-electron chi connectivity index (χ3n) is 3.91. The van der Waals surface area contributed by atoms with Crippen molar-refractivity contribution in [3.8, 4) is 0 Å². The van der Waals surface area contributed by atoms with Gasteiger partial charge < -0.3 is 5.32 Å². The number of nitrogens with one attached hydrogen (secondary N) is 2. The Balaban J connectivity index is 1.81. The zero-order chi connectivity index (χ0) is 16.7. The van der Waals surface area contributed by atoms with Gasteiger partial charge in [0.2, 0.25) is 15.9 Å². The highest BCUT2D eigenvalue weighted by Crippen LogP contribution is 2.19. The molecule has 6 heteroatoms. The van der Waals surface area contributed by atoms with Crippen molar-refractivity contribution >= 4 is 15.9 Å². The maximum atomic E-state index is 12.2. The van der Waals surface area contributed by atoms with Gasteiger partial charge in [0.05, 0.1) is 10.9 Å². The van der Waals surface area contributed by atoms with Crippen molar-refractivity contribution in [3.63, 3.8) is 0 Å². The third-order valence-corrected chi connectivity index (χ3v) is 5.47. The molecule has 0 saturated carbocycles. The highest BCUT2D eigenvalue weighted by atomic mass is 32.2. The molecule has 5 nitrogen and oxygen atoms in total. The normalized spacial score (nSPS) is 16.5. The van der Waals surface area contributed by atoms with E-state index in [-0.39, 0.29) is 10.8 Å². The van der Waals surface area contributed by atoms with Crippen LogP contribution in [0.15, 0.2) is 46.9 Å². The predicted molar refractivity (Wildman–Crippen MR) is 90.4 cm³/mol. The number of benzene rings is 1. The molecule has 0 aromatic heterocycles. The Kier molecular flexibility index (Phi) is 6.36. The van der Waals surface area contributed by atoms with Gasteiger partial charge in [-0.25, -0.2) is 8.42 Å². The molecule has 126 valence electrons. The van der Waals surface area contributed by atoms with E-state index in [1.165, 1.54) is 30.5 Å². The van der Waals surface area contributed by atoms with Gasteiger partial charge in [-0.05, 0) is 51.2 Å². The fraction of sp³-hybridized carbons (Fsp3) is 0.471. The number of carbonyl (C=O) groups is 1. The maximum absolute atomic E-state index is 12.2. The van der Waals surface area contributed by atoms with E-state index in [1.807, 2.05) is 0 Å². The van der Waals surface area contributed by atoms with E-state index < -0.39 is 16.1 Å². The van der Waals surface area contributed by atoms with Crippen LogP contribution in [0.2, 0.25) is 0 Å². The molecular formula is C17H24N2O3S. The third kappa shape index (κ3) is 5.48. The summed E-state index contributed by atoms with van der Waals surface area (Å²) in [4.78, 5) is 12.2. The molecule has 23 heavy (non-hydrogen) atoms. The summed E-state index contributed by atoms with van der Waals surface area (Å²) in [6.45, 7) is 2.10. The Bertz CT molecular complexity index is 654. The van der Waals surface area contributed by atoms with Crippen molar-refractivity contribution in [2.75, 3.05) is 6.54 Å². The van der Waals surface area contributed by atoms with Crippen LogP contribution in [0.4, 0.5) is 0 Å². The number of rotatable bonds is 7. The van der Waals surface area contributed by atoms with E-state index in [1.54, 1.807) is 25.1 Å². The second-order valence-electron chi connectivity index (χ2n) is 5.81. The van der Waals surface area contributed by atoms with Crippen molar-refractivity contribution in [1.82, 2.24) is 10.0 Å². The van der Waals surface area contributed by atoms with Crippen LogP contribution in [0.1, 0.15) is 39.0 Å². The molecule has 2 rings (SSSR count). The lowest BCUT2D eigenvalue weighted by Crippen LogP contribution is -2.45. The summed E-state index contributed by atoms with van der Waals surface area (Å²) in [6, 6.07) is 7.25. The second-order valence-corrected chi connectivity index (χ2v) is 7.52. The van der Waals surface area contributed by atoms with Crippen LogP contribution >= 0.6 is 0 Å². The first-order chi connectivity index (χ1) is 11.0. The number of hydrogen-bond donors (Lipinski definition) is 2. The summed E-state index contributed by atoms with van der Waals surface area (Å²) < 4.78 is 26.7. The van der Waals surface area contributed by atoms with Crippen LogP contribution in [-0.2, 0) is 14.8 Å². The van der Waals surface area contributed by atoms with Gasteiger partial charge in [-0.3, -0.25) is 4.79 Å². The minimum absolute atomic E-state index is 0.159. The first-order valence-corrected chi connectivity index (χ1v) is 9.50. The summed E-state index contributed by atoms with van der Waals surface area (Å²) in [7, 11) is -3.67. The van der Waals surface area contributed by atoms with Crippen molar-refractivity contribution in [2.45, 2.75) is 50.0 Å². The molecule has 1 aromatic carbocycles. The van der Waals surface area contributed by atoms with Gasteiger partial charge in [0.25, 0.3) is 0 Å². The quantitative estimate of drug-likeness (QED) is 0.751. The van der Waals surface area contributed by atoms with Crippen molar-refractivity contribution < 1.29 is 13.2 Å². The van der Waals surface area contributed by atoms with Crippen molar-refractivity contribution in [3.05, 3.63) is 42.0 Å². The molecule has 0 saturated heterocycles. The minimum atomic E-state index is -3.67. The van der Waals surface area contributed by atoms with E-state index in [4.69, 9.17) is 0 Å². The van der Waals surface area contributed by atoms with Crippen LogP contribution < -0.4 is 10.0 Å². The topological polar surface area (TPSA) is 75.3 Å². The van der Waals surface area contributed by atoms with Crippen LogP contribution in [0.5, 0.6) is 0 Å². The van der Waals surface area contributed by atoms with Crippen LogP contribution in [0.25, 0.3) is 0 Å². The van der Waals surface area contributed by atoms with Crippen LogP contribution in [0, 0.1) is 0 Å². The van der Waals surface area contributed by atoms with Gasteiger partial charge in [-0.1, -0.05) is 29.8 Å². The molecule has 0 unspecified atom stereocenters. The lowest BCUT2D eigenvalue weighted by molar-refractivity contribution is -0.122. The number of hydrogen-bond acceptors (Lipinski definition) is 3. The summed E-state index contributed by atoms with van der Waals surface area (Å²) in [5, 5.41) is 2.80. The second kappa shape index (κ2) is 8.26. The SMILES string of the molecule is C[C@@H](NS(=O)(=O)c1ccccc1)C(=O)NCCC1=CCCCC1. The zero-order valence-corrected chi connectivity index (χ0v) is 14.2. The Labute approximate surface area is 138 Å². The Hall–Kier alpha value is -1.66. The smallest absolute Gasteiger partial charge is 0.241 e. The maximum Gasteiger partial charge on any atom is 0.241 e. The first-order valence-electron chi connectivity index (χ1n) is 8.02. The molecule has 0 heterocycles. The summed E-state index contributed by atoms with van der Waals surface area (Å²) >= 11 is 0. The number of allylic oxidation sites excluding steroid dienone is 1. The molecule has 1 aromatic rings. The molecule has 2 N–H and O–H groups in total. The fourth-order valence-electron chi connectivity index (χ4n) is 2.58. The highest BCUT2D eigenvalue weighted by Gasteiger charge is 2.21. The standard InChI is InChI=1S/C17H24N2O3S/c1-14(19-23(21,22)16-10-6-3-7-11-16)17(20)18-13-12-15-8-4-2-5-9-15/h3,6-8,10-11,14,19H,2,4-5,9,12-13H2,1H3,(H,18,20)/t14-/m1/s1. The molecular weight excluding hydrogens is 312 g/mol. The minimum Gasteiger partial charge on any atom is -0.354 e. The van der Waals surface area contributed by atoms with Gasteiger partial charge in [0.1, 0.15) is 0 Å². The van der Waals surface area contributed by atoms with E-state index in [0.29, 0.717) is 6.54 Å². The number of amides is 1. The van der Waals surface area contributed by atoms with Crippen molar-refractivity contribution in [2.24, 2.45) is 0 Å². The number of sulfonamides is 1. The summed E-state index contributed by atoms with van der Waals surface area (Å²) in [5.74, 6) is -0.305. The Morgan fingerprint density at radius 1 is 1.22 bits per heavy atom. The lowest BCUT2D eigenvalue weighted by atomic mass is 9.97. The fourth-order valence-corrected chi connectivity index (χ4v) is 3.81. The molecule has 0 aliphatic heterocycles. The van der Waals surface area contributed by atoms with Gasteiger partial charge >= 0.3 is 0 Å². The van der Waals surface area contributed by atoms with E-state index in [2.05, 4.69) is 16.1 Å². The summed E-state index contributed by atoms with van der Waals surface area (Å²) in [6.07, 6.45) is 7.77. The van der Waals surface area contributed by atoms with Crippen LogP contribution in [0.3, 0.4) is 0 Å². The summed E-state index contributed by atoms with van der Waals surface area (Å²) in [5.41, 5.74) is 1.38. The molecule has 0 spiro atoms. The van der Waals surface area contributed by atoms with Crippen molar-refractivity contribution in [1.29, 1.82) is 0 Å². The Morgan fingerprint density at radius 2 is 1.96 bits per heavy atom. The van der Waals surface area contributed by atoms with Gasteiger partial charge in [-0.15, -0.1) is 0 Å². The first kappa shape index (κ1) is 17.7. The number of carbonyl (C=O) groups excluding carboxylic acids is 1.